The predicted octanol–water partition coefficient (Wildman–Crippen LogP) is 2.88. The minimum Gasteiger partial charge on any atom is -0.377 e. The van der Waals surface area contributed by atoms with Gasteiger partial charge in [-0.3, -0.25) is 0 Å². The van der Waals surface area contributed by atoms with Gasteiger partial charge in [0, 0.05) is 43.5 Å². The van der Waals surface area contributed by atoms with E-state index in [2.05, 4.69) is 10.8 Å². The Labute approximate surface area is 137 Å². The highest BCUT2D eigenvalue weighted by atomic mass is 32.2. The summed E-state index contributed by atoms with van der Waals surface area (Å²) in [6, 6.07) is 13.0. The van der Waals surface area contributed by atoms with E-state index in [9.17, 15) is 8.42 Å². The standard InChI is InChI=1S/C17H21N3O2S/c1-20(2)16-10-6-9-15-14(16)8-7-11-17(15)23(21,22)19-13-5-3-4-12-18/h6-11,19H,3-5,13H2,1-2H3. The molecule has 0 bridgehead atoms. The zero-order valence-electron chi connectivity index (χ0n) is 13.4. The van der Waals surface area contributed by atoms with Gasteiger partial charge in [-0.15, -0.1) is 0 Å². The second-order valence-electron chi connectivity index (χ2n) is 5.54. The van der Waals surface area contributed by atoms with E-state index in [1.54, 1.807) is 12.1 Å². The fourth-order valence-corrected chi connectivity index (χ4v) is 3.80. The highest BCUT2D eigenvalue weighted by Gasteiger charge is 2.17. The van der Waals surface area contributed by atoms with E-state index in [1.165, 1.54) is 0 Å². The third kappa shape index (κ3) is 4.01. The zero-order valence-corrected chi connectivity index (χ0v) is 14.2. The number of benzene rings is 2. The number of nitrogens with zero attached hydrogens (tertiary/aromatic N) is 2. The average molecular weight is 331 g/mol. The molecule has 0 saturated heterocycles. The van der Waals surface area contributed by atoms with Gasteiger partial charge in [-0.2, -0.15) is 5.26 Å². The monoisotopic (exact) mass is 331 g/mol. The molecule has 122 valence electrons. The molecule has 2 rings (SSSR count). The van der Waals surface area contributed by atoms with Crippen LogP contribution in [0.2, 0.25) is 0 Å². The molecule has 23 heavy (non-hydrogen) atoms. The van der Waals surface area contributed by atoms with E-state index < -0.39 is 10.0 Å². The van der Waals surface area contributed by atoms with Crippen molar-refractivity contribution in [3.8, 4) is 6.07 Å². The third-order valence-corrected chi connectivity index (χ3v) is 5.16. The second-order valence-corrected chi connectivity index (χ2v) is 7.27. The molecule has 6 heteroatoms. The Bertz CT molecular complexity index is 823. The van der Waals surface area contributed by atoms with Crippen molar-refractivity contribution in [1.82, 2.24) is 4.72 Å². The first-order valence-corrected chi connectivity index (χ1v) is 9.01. The number of nitrogens with one attached hydrogen (secondary N) is 1. The Morgan fingerprint density at radius 2 is 1.78 bits per heavy atom. The summed E-state index contributed by atoms with van der Waals surface area (Å²) < 4.78 is 27.8. The Kier molecular flexibility index (Phi) is 5.59. The summed E-state index contributed by atoms with van der Waals surface area (Å²) in [5.41, 5.74) is 0.980. The van der Waals surface area contributed by atoms with Crippen LogP contribution in [0.4, 0.5) is 5.69 Å². The number of hydrogen-bond acceptors (Lipinski definition) is 4. The SMILES string of the molecule is CN(C)c1cccc2c(S(=O)(=O)NCCCCC#N)cccc12. The number of hydrogen-bond donors (Lipinski definition) is 1. The molecule has 5 nitrogen and oxygen atoms in total. The smallest absolute Gasteiger partial charge is 0.241 e. The fraction of sp³-hybridized carbons (Fsp3) is 0.353. The Morgan fingerprint density at radius 3 is 2.48 bits per heavy atom. The quantitative estimate of drug-likeness (QED) is 0.792. The summed E-state index contributed by atoms with van der Waals surface area (Å²) in [5, 5.41) is 10.1. The molecular formula is C17H21N3O2S. The molecule has 0 heterocycles. The molecule has 0 aliphatic heterocycles. The topological polar surface area (TPSA) is 73.2 Å². The number of unbranched alkanes of at least 4 members (excludes halogenated alkanes) is 2. The van der Waals surface area contributed by atoms with Crippen LogP contribution in [-0.4, -0.2) is 29.1 Å². The van der Waals surface area contributed by atoms with Gasteiger partial charge in [-0.25, -0.2) is 13.1 Å². The lowest BCUT2D eigenvalue weighted by molar-refractivity contribution is 0.578. The van der Waals surface area contributed by atoms with Crippen LogP contribution in [0.1, 0.15) is 19.3 Å². The van der Waals surface area contributed by atoms with Crippen LogP contribution in [0.25, 0.3) is 10.8 Å². The van der Waals surface area contributed by atoms with Crippen molar-refractivity contribution in [2.45, 2.75) is 24.2 Å². The Balaban J connectivity index is 2.32. The second kappa shape index (κ2) is 7.44. The predicted molar refractivity (Wildman–Crippen MR) is 92.9 cm³/mol. The maximum atomic E-state index is 12.6. The van der Waals surface area contributed by atoms with E-state index in [0.29, 0.717) is 36.1 Å². The van der Waals surface area contributed by atoms with Gasteiger partial charge in [-0.05, 0) is 25.0 Å². The van der Waals surface area contributed by atoms with E-state index in [1.807, 2.05) is 43.3 Å². The molecule has 0 radical (unpaired) electrons. The Morgan fingerprint density at radius 1 is 1.09 bits per heavy atom. The van der Waals surface area contributed by atoms with Crippen LogP contribution in [0.3, 0.4) is 0 Å². The van der Waals surface area contributed by atoms with Crippen LogP contribution in [0.15, 0.2) is 41.3 Å². The molecule has 0 atom stereocenters. The van der Waals surface area contributed by atoms with Gasteiger partial charge >= 0.3 is 0 Å². The van der Waals surface area contributed by atoms with Crippen molar-refractivity contribution in [1.29, 1.82) is 5.26 Å². The van der Waals surface area contributed by atoms with Crippen molar-refractivity contribution >= 4 is 26.5 Å². The number of rotatable bonds is 7. The molecule has 0 fully saturated rings. The van der Waals surface area contributed by atoms with Gasteiger partial charge in [0.2, 0.25) is 10.0 Å². The number of sulfonamides is 1. The minimum absolute atomic E-state index is 0.291. The van der Waals surface area contributed by atoms with E-state index >= 15 is 0 Å². The van der Waals surface area contributed by atoms with Crippen LogP contribution >= 0.6 is 0 Å². The van der Waals surface area contributed by atoms with Crippen molar-refractivity contribution in [2.75, 3.05) is 25.5 Å². The van der Waals surface area contributed by atoms with E-state index in [4.69, 9.17) is 5.26 Å². The molecule has 2 aromatic rings. The zero-order chi connectivity index (χ0) is 16.9. The van der Waals surface area contributed by atoms with Crippen molar-refractivity contribution in [2.24, 2.45) is 0 Å². The van der Waals surface area contributed by atoms with Gasteiger partial charge in [0.25, 0.3) is 0 Å². The van der Waals surface area contributed by atoms with Gasteiger partial charge < -0.3 is 4.90 Å². The highest BCUT2D eigenvalue weighted by molar-refractivity contribution is 7.89. The average Bonchev–Trinajstić information content (AvgIpc) is 2.53. The number of anilines is 1. The van der Waals surface area contributed by atoms with Crippen molar-refractivity contribution in [3.63, 3.8) is 0 Å². The highest BCUT2D eigenvalue weighted by Crippen LogP contribution is 2.30. The minimum atomic E-state index is -3.57. The molecule has 2 aromatic carbocycles. The first-order valence-electron chi connectivity index (χ1n) is 7.53. The van der Waals surface area contributed by atoms with Gasteiger partial charge in [0.1, 0.15) is 0 Å². The largest absolute Gasteiger partial charge is 0.377 e. The molecule has 0 aliphatic carbocycles. The molecule has 0 spiro atoms. The third-order valence-electron chi connectivity index (χ3n) is 3.64. The summed E-state index contributed by atoms with van der Waals surface area (Å²) in [7, 11) is 0.300. The molecule has 0 aliphatic rings. The summed E-state index contributed by atoms with van der Waals surface area (Å²) in [6.07, 6.45) is 1.79. The first kappa shape index (κ1) is 17.3. The molecule has 0 unspecified atom stereocenters. The summed E-state index contributed by atoms with van der Waals surface area (Å²) in [4.78, 5) is 2.26. The van der Waals surface area contributed by atoms with E-state index in [-0.39, 0.29) is 0 Å². The van der Waals surface area contributed by atoms with Gasteiger partial charge in [0.05, 0.1) is 11.0 Å². The lowest BCUT2D eigenvalue weighted by atomic mass is 10.1. The van der Waals surface area contributed by atoms with Crippen LogP contribution < -0.4 is 9.62 Å². The molecule has 0 amide bonds. The van der Waals surface area contributed by atoms with E-state index in [0.717, 1.165) is 11.1 Å². The summed E-state index contributed by atoms with van der Waals surface area (Å²) >= 11 is 0. The van der Waals surface area contributed by atoms with Gasteiger partial charge in [-0.1, -0.05) is 24.3 Å². The van der Waals surface area contributed by atoms with Crippen LogP contribution in [0.5, 0.6) is 0 Å². The van der Waals surface area contributed by atoms with Crippen molar-refractivity contribution in [3.05, 3.63) is 36.4 Å². The molecule has 0 saturated carbocycles. The first-order chi connectivity index (χ1) is 11.0. The molecular weight excluding hydrogens is 310 g/mol. The van der Waals surface area contributed by atoms with Crippen LogP contribution in [0, 0.1) is 11.3 Å². The molecule has 1 N–H and O–H groups in total. The lowest BCUT2D eigenvalue weighted by Crippen LogP contribution is -2.25. The van der Waals surface area contributed by atoms with Crippen LogP contribution in [-0.2, 0) is 10.0 Å². The Hall–Kier alpha value is -2.10. The maximum Gasteiger partial charge on any atom is 0.241 e. The normalized spacial score (nSPS) is 11.3. The number of fused-ring (bicyclic) bond motifs is 1. The summed E-state index contributed by atoms with van der Waals surface area (Å²) in [5.74, 6) is 0. The lowest BCUT2D eigenvalue weighted by Gasteiger charge is -2.17. The van der Waals surface area contributed by atoms with Gasteiger partial charge in [0.15, 0.2) is 0 Å². The molecule has 0 aromatic heterocycles. The summed E-state index contributed by atoms with van der Waals surface area (Å²) in [6.45, 7) is 0.341. The van der Waals surface area contributed by atoms with Crippen molar-refractivity contribution < 1.29 is 8.42 Å². The maximum absolute atomic E-state index is 12.6. The fourth-order valence-electron chi connectivity index (χ4n) is 2.50. The number of nitriles is 1.